The summed E-state index contributed by atoms with van der Waals surface area (Å²) in [7, 11) is 1.82. The number of phenolic OH excluding ortho intramolecular Hbond substituents is 1. The number of aliphatic hydroxyl groups is 1. The first kappa shape index (κ1) is 21.5. The summed E-state index contributed by atoms with van der Waals surface area (Å²) in [4.78, 5) is 3.82. The van der Waals surface area contributed by atoms with Gasteiger partial charge in [-0.3, -0.25) is 4.90 Å². The second-order valence-corrected chi connectivity index (χ2v) is 13.5. The molecule has 2 unspecified atom stereocenters. The van der Waals surface area contributed by atoms with Crippen molar-refractivity contribution in [1.82, 2.24) is 4.90 Å². The third-order valence-corrected chi connectivity index (χ3v) is 12.5. The average molecular weight is 494 g/mol. The van der Waals surface area contributed by atoms with Gasteiger partial charge in [0.25, 0.3) is 0 Å². The van der Waals surface area contributed by atoms with Crippen LogP contribution in [-0.2, 0) is 22.2 Å². The number of fused-ring (bicyclic) bond motifs is 2. The Bertz CT molecular complexity index is 1210. The Balaban J connectivity index is 1.37. The molecule has 0 amide bonds. The lowest BCUT2D eigenvalue weighted by Crippen LogP contribution is -2.82. The van der Waals surface area contributed by atoms with E-state index in [1.807, 2.05) is 26.2 Å². The maximum absolute atomic E-state index is 12.2. The van der Waals surface area contributed by atoms with Crippen LogP contribution in [0.2, 0.25) is 0 Å². The summed E-state index contributed by atoms with van der Waals surface area (Å²) < 4.78 is 13.5. The summed E-state index contributed by atoms with van der Waals surface area (Å²) in [5.74, 6) is 1.73. The van der Waals surface area contributed by atoms with E-state index in [0.717, 1.165) is 49.4 Å². The molecule has 0 radical (unpaired) electrons. The van der Waals surface area contributed by atoms with E-state index in [-0.39, 0.29) is 28.6 Å². The summed E-state index contributed by atoms with van der Waals surface area (Å²) in [6.45, 7) is 4.29. The van der Waals surface area contributed by atoms with Crippen molar-refractivity contribution in [2.75, 3.05) is 20.2 Å². The van der Waals surface area contributed by atoms with Gasteiger partial charge in [0.05, 0.1) is 0 Å². The molecule has 186 valence electrons. The maximum atomic E-state index is 12.2. The van der Waals surface area contributed by atoms with Gasteiger partial charge in [-0.2, -0.15) is 0 Å². The number of likely N-dealkylation sites (tertiary alicyclic amines) is 1. The zero-order chi connectivity index (χ0) is 23.8. The van der Waals surface area contributed by atoms with Crippen molar-refractivity contribution in [1.29, 1.82) is 0 Å². The molecule has 7 aliphatic rings. The van der Waals surface area contributed by atoms with Crippen LogP contribution in [0.15, 0.2) is 29.6 Å². The number of piperidine rings is 1. The number of hydrogen-bond donors (Lipinski definition) is 2. The van der Waals surface area contributed by atoms with E-state index in [4.69, 9.17) is 9.47 Å². The van der Waals surface area contributed by atoms with E-state index < -0.39 is 11.2 Å². The summed E-state index contributed by atoms with van der Waals surface area (Å²) in [5.41, 5.74) is 0.893. The lowest BCUT2D eigenvalue weighted by Gasteiger charge is -2.75. The molecule has 2 spiro atoms. The van der Waals surface area contributed by atoms with Crippen LogP contribution in [0.25, 0.3) is 0 Å². The number of aromatic hydroxyl groups is 1. The minimum Gasteiger partial charge on any atom is -0.504 e. The van der Waals surface area contributed by atoms with Crippen molar-refractivity contribution in [3.05, 3.63) is 45.6 Å². The van der Waals surface area contributed by atoms with Gasteiger partial charge >= 0.3 is 0 Å². The third kappa shape index (κ3) is 2.33. The Morgan fingerprint density at radius 3 is 2.83 bits per heavy atom. The molecule has 2 aromatic rings. The van der Waals surface area contributed by atoms with Crippen LogP contribution in [0.5, 0.6) is 11.5 Å². The van der Waals surface area contributed by atoms with Gasteiger partial charge in [-0.25, -0.2) is 0 Å². The van der Waals surface area contributed by atoms with Gasteiger partial charge in [0.15, 0.2) is 11.5 Å². The van der Waals surface area contributed by atoms with Gasteiger partial charge in [-0.15, -0.1) is 11.3 Å². The Morgan fingerprint density at radius 2 is 2.09 bits per heavy atom. The Labute approximate surface area is 211 Å². The van der Waals surface area contributed by atoms with Crippen LogP contribution in [0.1, 0.15) is 61.5 Å². The van der Waals surface area contributed by atoms with E-state index in [0.29, 0.717) is 11.8 Å². The van der Waals surface area contributed by atoms with Crippen LogP contribution in [-0.4, -0.2) is 53.1 Å². The minimum atomic E-state index is -1.00. The summed E-state index contributed by atoms with van der Waals surface area (Å²) >= 11 is 1.63. The number of phenols is 1. The highest BCUT2D eigenvalue weighted by atomic mass is 32.1. The molecular weight excluding hydrogens is 458 g/mol. The molecule has 1 aromatic heterocycles. The van der Waals surface area contributed by atoms with Crippen molar-refractivity contribution >= 4 is 11.3 Å². The monoisotopic (exact) mass is 493 g/mol. The first-order valence-corrected chi connectivity index (χ1v) is 14.3. The highest BCUT2D eigenvalue weighted by molar-refractivity contribution is 7.10. The molecule has 5 aliphatic carbocycles. The number of ether oxygens (including phenoxy) is 2. The van der Waals surface area contributed by atoms with Gasteiger partial charge < -0.3 is 19.7 Å². The number of thiophene rings is 1. The van der Waals surface area contributed by atoms with E-state index in [2.05, 4.69) is 22.4 Å². The summed E-state index contributed by atoms with van der Waals surface area (Å²) in [6.07, 6.45) is 7.52. The maximum Gasteiger partial charge on any atom is 0.165 e. The van der Waals surface area contributed by atoms with E-state index in [9.17, 15) is 10.2 Å². The molecule has 1 aromatic carbocycles. The molecule has 4 bridgehead atoms. The Hall–Kier alpha value is -1.60. The molecule has 5 nitrogen and oxygen atoms in total. The van der Waals surface area contributed by atoms with Crippen LogP contribution < -0.4 is 4.74 Å². The molecule has 1 saturated heterocycles. The lowest BCUT2D eigenvalue weighted by molar-refractivity contribution is -0.303. The predicted octanol–water partition coefficient (Wildman–Crippen LogP) is 4.59. The number of benzene rings is 1. The second-order valence-electron chi connectivity index (χ2n) is 12.5. The number of rotatable bonds is 5. The van der Waals surface area contributed by atoms with Gasteiger partial charge in [0.2, 0.25) is 0 Å². The molecule has 35 heavy (non-hydrogen) atoms. The zero-order valence-electron chi connectivity index (χ0n) is 20.6. The SMILES string of the molecule is CO[C@]12CCC3(C[C@@H]1[C@](C)(O)c1cccs1)C1Cc4ccc(O)c5c4[C@@]3(CCN1CC1CC1)[C@@H]2O5. The van der Waals surface area contributed by atoms with Crippen molar-refractivity contribution in [2.24, 2.45) is 17.3 Å². The van der Waals surface area contributed by atoms with E-state index in [1.54, 1.807) is 11.3 Å². The second kappa shape index (κ2) is 6.63. The van der Waals surface area contributed by atoms with Crippen molar-refractivity contribution in [3.8, 4) is 11.5 Å². The summed E-state index contributed by atoms with van der Waals surface area (Å²) in [6, 6.07) is 8.54. The third-order valence-electron chi connectivity index (χ3n) is 11.4. The van der Waals surface area contributed by atoms with Gasteiger partial charge in [-0.1, -0.05) is 12.1 Å². The highest BCUT2D eigenvalue weighted by Gasteiger charge is 2.82. The number of nitrogens with zero attached hydrogens (tertiary/aromatic N) is 1. The molecule has 3 heterocycles. The normalized spacial score (nSPS) is 42.4. The minimum absolute atomic E-state index is 0.0169. The van der Waals surface area contributed by atoms with Crippen molar-refractivity contribution in [2.45, 2.75) is 80.6 Å². The first-order chi connectivity index (χ1) is 16.9. The fourth-order valence-electron chi connectivity index (χ4n) is 9.80. The molecule has 4 saturated carbocycles. The number of hydrogen-bond acceptors (Lipinski definition) is 6. The van der Waals surface area contributed by atoms with Gasteiger partial charge in [0, 0.05) is 46.9 Å². The quantitative estimate of drug-likeness (QED) is 0.638. The van der Waals surface area contributed by atoms with E-state index in [1.165, 1.54) is 30.5 Å². The number of methoxy groups -OCH3 is 1. The molecule has 5 fully saturated rings. The Morgan fingerprint density at radius 1 is 1.23 bits per heavy atom. The lowest BCUT2D eigenvalue weighted by atomic mass is 9.33. The van der Waals surface area contributed by atoms with Crippen LogP contribution in [0, 0.1) is 17.3 Å². The highest BCUT2D eigenvalue weighted by Crippen LogP contribution is 2.78. The molecule has 2 N–H and O–H groups in total. The standard InChI is InChI=1S/C29H35NO4S/c1-26(32,22-4-3-13-35-22)20-15-27-9-10-29(20,33-2)25-28(27)11-12-30(16-17-5-6-17)21(27)14-18-7-8-19(31)24(34-25)23(18)28/h3-4,7-8,13,17,20-21,25,31-32H,5-6,9-12,14-16H2,1-2H3/t20-,21?,25+,26+,27?,28+,29-/m1/s1. The Kier molecular flexibility index (Phi) is 4.07. The smallest absolute Gasteiger partial charge is 0.165 e. The topological polar surface area (TPSA) is 62.2 Å². The largest absolute Gasteiger partial charge is 0.504 e. The van der Waals surface area contributed by atoms with Crippen LogP contribution >= 0.6 is 11.3 Å². The average Bonchev–Trinajstić information content (AvgIpc) is 3.34. The zero-order valence-corrected chi connectivity index (χ0v) is 21.4. The molecule has 6 heteroatoms. The van der Waals surface area contributed by atoms with Crippen molar-refractivity contribution < 1.29 is 19.7 Å². The molecule has 9 rings (SSSR count). The van der Waals surface area contributed by atoms with Gasteiger partial charge in [0.1, 0.15) is 17.3 Å². The van der Waals surface area contributed by atoms with Gasteiger partial charge in [-0.05, 0) is 87.4 Å². The molecular formula is C29H35NO4S. The molecule has 2 aliphatic heterocycles. The fraction of sp³-hybridized carbons (Fsp3) is 0.655. The van der Waals surface area contributed by atoms with E-state index >= 15 is 0 Å². The van der Waals surface area contributed by atoms with Crippen LogP contribution in [0.4, 0.5) is 0 Å². The predicted molar refractivity (Wildman–Crippen MR) is 134 cm³/mol. The van der Waals surface area contributed by atoms with Crippen molar-refractivity contribution in [3.63, 3.8) is 0 Å². The fourth-order valence-corrected chi connectivity index (χ4v) is 10.6. The first-order valence-electron chi connectivity index (χ1n) is 13.4. The summed E-state index contributed by atoms with van der Waals surface area (Å²) in [5, 5.41) is 25.3. The van der Waals surface area contributed by atoms with Crippen LogP contribution in [0.3, 0.4) is 0 Å². The molecule has 7 atom stereocenters.